The van der Waals surface area contributed by atoms with Gasteiger partial charge in [-0.3, -0.25) is 0 Å². The summed E-state index contributed by atoms with van der Waals surface area (Å²) in [5.74, 6) is 1.42. The van der Waals surface area contributed by atoms with Gasteiger partial charge in [-0.1, -0.05) is 20.3 Å². The predicted octanol–water partition coefficient (Wildman–Crippen LogP) is 0.443. The van der Waals surface area contributed by atoms with Gasteiger partial charge in [-0.2, -0.15) is 10.1 Å². The molecule has 2 atom stereocenters. The first kappa shape index (κ1) is 9.98. The summed E-state index contributed by atoms with van der Waals surface area (Å²) < 4.78 is 1.54. The quantitative estimate of drug-likeness (QED) is 0.712. The number of nitrogens with zero attached hydrogens (tertiary/aromatic N) is 3. The summed E-state index contributed by atoms with van der Waals surface area (Å²) in [6, 6.07) is -0.117. The molecular formula is C8H17N5. The van der Waals surface area contributed by atoms with Crippen molar-refractivity contribution in [3.8, 4) is 0 Å². The monoisotopic (exact) mass is 183 g/mol. The first-order valence-electron chi connectivity index (χ1n) is 4.48. The zero-order chi connectivity index (χ0) is 10.0. The number of aromatic nitrogens is 3. The lowest BCUT2D eigenvalue weighted by Crippen LogP contribution is -2.20. The van der Waals surface area contributed by atoms with Crippen molar-refractivity contribution in [1.82, 2.24) is 14.8 Å². The Bertz CT molecular complexity index is 261. The predicted molar refractivity (Wildman–Crippen MR) is 51.8 cm³/mol. The van der Waals surface area contributed by atoms with Crippen LogP contribution in [0.4, 0.5) is 5.95 Å². The Kier molecular flexibility index (Phi) is 2.87. The zero-order valence-corrected chi connectivity index (χ0v) is 8.36. The molecule has 0 aliphatic heterocycles. The van der Waals surface area contributed by atoms with Gasteiger partial charge in [-0.25, -0.2) is 4.68 Å². The minimum atomic E-state index is -0.117. The maximum atomic E-state index is 5.94. The molecule has 0 aliphatic rings. The lowest BCUT2D eigenvalue weighted by atomic mass is 10.00. The summed E-state index contributed by atoms with van der Waals surface area (Å²) in [4.78, 5) is 4.08. The van der Waals surface area contributed by atoms with Crippen LogP contribution >= 0.6 is 0 Å². The van der Waals surface area contributed by atoms with Gasteiger partial charge in [-0.15, -0.1) is 0 Å². The van der Waals surface area contributed by atoms with Crippen molar-refractivity contribution >= 4 is 5.95 Å². The molecule has 1 heterocycles. The molecular weight excluding hydrogens is 166 g/mol. The standard InChI is InChI=1S/C8H17N5/c1-4-5(2)6(9)7-11-8(10)13(3)12-7/h5-6H,4,9H2,1-3H3,(H2,10,11,12)/t5?,6-/m0/s1. The van der Waals surface area contributed by atoms with Crippen LogP contribution in [0.25, 0.3) is 0 Å². The number of aryl methyl sites for hydroxylation is 1. The Labute approximate surface area is 78.1 Å². The van der Waals surface area contributed by atoms with Crippen LogP contribution in [0.5, 0.6) is 0 Å². The van der Waals surface area contributed by atoms with Crippen LogP contribution in [0.1, 0.15) is 32.1 Å². The van der Waals surface area contributed by atoms with Crippen LogP contribution < -0.4 is 11.5 Å². The Balaban J connectivity index is 2.82. The number of hydrogen-bond donors (Lipinski definition) is 2. The second-order valence-electron chi connectivity index (χ2n) is 3.36. The van der Waals surface area contributed by atoms with Crippen molar-refractivity contribution in [3.63, 3.8) is 0 Å². The highest BCUT2D eigenvalue weighted by Gasteiger charge is 2.18. The highest BCUT2D eigenvalue weighted by atomic mass is 15.4. The van der Waals surface area contributed by atoms with Crippen LogP contribution in [0.3, 0.4) is 0 Å². The zero-order valence-electron chi connectivity index (χ0n) is 8.36. The molecule has 13 heavy (non-hydrogen) atoms. The molecule has 0 saturated heterocycles. The van der Waals surface area contributed by atoms with E-state index in [0.29, 0.717) is 17.7 Å². The smallest absolute Gasteiger partial charge is 0.218 e. The summed E-state index contributed by atoms with van der Waals surface area (Å²) in [6.45, 7) is 4.17. The SMILES string of the molecule is CCC(C)[C@H](N)c1nc(N)n(C)n1. The fourth-order valence-electron chi connectivity index (χ4n) is 1.07. The van der Waals surface area contributed by atoms with Crippen molar-refractivity contribution in [3.05, 3.63) is 5.82 Å². The van der Waals surface area contributed by atoms with E-state index in [1.807, 2.05) is 0 Å². The van der Waals surface area contributed by atoms with Gasteiger partial charge in [-0.05, 0) is 5.92 Å². The molecule has 0 aliphatic carbocycles. The van der Waals surface area contributed by atoms with Crippen LogP contribution in [0.2, 0.25) is 0 Å². The van der Waals surface area contributed by atoms with Crippen LogP contribution in [0.15, 0.2) is 0 Å². The molecule has 74 valence electrons. The molecule has 0 saturated carbocycles. The van der Waals surface area contributed by atoms with Gasteiger partial charge in [0.2, 0.25) is 5.95 Å². The highest BCUT2D eigenvalue weighted by Crippen LogP contribution is 2.19. The van der Waals surface area contributed by atoms with Crippen molar-refractivity contribution in [2.45, 2.75) is 26.3 Å². The van der Waals surface area contributed by atoms with Gasteiger partial charge in [0.1, 0.15) is 0 Å². The third-order valence-corrected chi connectivity index (χ3v) is 2.37. The molecule has 1 aromatic heterocycles. The molecule has 1 unspecified atom stereocenters. The number of rotatable bonds is 3. The molecule has 5 heteroatoms. The average molecular weight is 183 g/mol. The van der Waals surface area contributed by atoms with Gasteiger partial charge in [0.15, 0.2) is 5.82 Å². The molecule has 0 aromatic carbocycles. The number of hydrogen-bond acceptors (Lipinski definition) is 4. The molecule has 0 bridgehead atoms. The van der Waals surface area contributed by atoms with E-state index in [1.54, 1.807) is 7.05 Å². The van der Waals surface area contributed by atoms with Crippen molar-refractivity contribution in [2.75, 3.05) is 5.73 Å². The second-order valence-corrected chi connectivity index (χ2v) is 3.36. The summed E-state index contributed by atoms with van der Waals surface area (Å²) in [7, 11) is 1.76. The maximum absolute atomic E-state index is 5.94. The van der Waals surface area contributed by atoms with Crippen LogP contribution in [-0.2, 0) is 7.05 Å². The van der Waals surface area contributed by atoms with E-state index < -0.39 is 0 Å². The highest BCUT2D eigenvalue weighted by molar-refractivity contribution is 5.16. The normalized spacial score (nSPS) is 15.7. The molecule has 1 aromatic rings. The molecule has 0 amide bonds. The third kappa shape index (κ3) is 1.98. The van der Waals surface area contributed by atoms with Crippen molar-refractivity contribution in [2.24, 2.45) is 18.7 Å². The van der Waals surface area contributed by atoms with E-state index in [2.05, 4.69) is 23.9 Å². The van der Waals surface area contributed by atoms with E-state index in [4.69, 9.17) is 11.5 Å². The van der Waals surface area contributed by atoms with Gasteiger partial charge < -0.3 is 11.5 Å². The van der Waals surface area contributed by atoms with E-state index in [0.717, 1.165) is 6.42 Å². The first-order valence-corrected chi connectivity index (χ1v) is 4.48. The summed E-state index contributed by atoms with van der Waals surface area (Å²) in [6.07, 6.45) is 1.01. The summed E-state index contributed by atoms with van der Waals surface area (Å²) in [5.41, 5.74) is 11.5. The Morgan fingerprint density at radius 3 is 2.54 bits per heavy atom. The van der Waals surface area contributed by atoms with Gasteiger partial charge in [0.05, 0.1) is 6.04 Å². The molecule has 4 N–H and O–H groups in total. The van der Waals surface area contributed by atoms with Crippen molar-refractivity contribution in [1.29, 1.82) is 0 Å². The summed E-state index contributed by atoms with van der Waals surface area (Å²) in [5, 5.41) is 4.13. The minimum absolute atomic E-state index is 0.117. The fourth-order valence-corrected chi connectivity index (χ4v) is 1.07. The van der Waals surface area contributed by atoms with E-state index in [-0.39, 0.29) is 6.04 Å². The molecule has 1 rings (SSSR count). The topological polar surface area (TPSA) is 82.7 Å². The maximum Gasteiger partial charge on any atom is 0.218 e. The average Bonchev–Trinajstić information content (AvgIpc) is 2.44. The van der Waals surface area contributed by atoms with Gasteiger partial charge >= 0.3 is 0 Å². The third-order valence-electron chi connectivity index (χ3n) is 2.37. The Hall–Kier alpha value is -1.10. The minimum Gasteiger partial charge on any atom is -0.368 e. The van der Waals surface area contributed by atoms with Crippen LogP contribution in [0, 0.1) is 5.92 Å². The summed E-state index contributed by atoms with van der Waals surface area (Å²) >= 11 is 0. The van der Waals surface area contributed by atoms with E-state index >= 15 is 0 Å². The number of nitrogen functional groups attached to an aromatic ring is 1. The largest absolute Gasteiger partial charge is 0.368 e. The van der Waals surface area contributed by atoms with E-state index in [1.165, 1.54) is 4.68 Å². The second kappa shape index (κ2) is 3.74. The Morgan fingerprint density at radius 2 is 2.15 bits per heavy atom. The lowest BCUT2D eigenvalue weighted by molar-refractivity contribution is 0.437. The van der Waals surface area contributed by atoms with Crippen molar-refractivity contribution < 1.29 is 0 Å². The van der Waals surface area contributed by atoms with E-state index in [9.17, 15) is 0 Å². The molecule has 0 fully saturated rings. The van der Waals surface area contributed by atoms with Crippen LogP contribution in [-0.4, -0.2) is 14.8 Å². The molecule has 0 spiro atoms. The Morgan fingerprint density at radius 1 is 1.54 bits per heavy atom. The molecule has 0 radical (unpaired) electrons. The number of nitrogens with two attached hydrogens (primary N) is 2. The number of anilines is 1. The van der Waals surface area contributed by atoms with Gasteiger partial charge in [0, 0.05) is 7.05 Å². The fraction of sp³-hybridized carbons (Fsp3) is 0.750. The van der Waals surface area contributed by atoms with Gasteiger partial charge in [0.25, 0.3) is 0 Å². The molecule has 5 nitrogen and oxygen atoms in total. The first-order chi connectivity index (χ1) is 6.06. The lowest BCUT2D eigenvalue weighted by Gasteiger charge is -2.13.